The fourth-order valence-corrected chi connectivity index (χ4v) is 4.32. The predicted octanol–water partition coefficient (Wildman–Crippen LogP) is 7.56. The van der Waals surface area contributed by atoms with Crippen LogP contribution >= 0.6 is 0 Å². The van der Waals surface area contributed by atoms with E-state index < -0.39 is 11.6 Å². The molecule has 0 N–H and O–H groups in total. The quantitative estimate of drug-likeness (QED) is 0.231. The van der Waals surface area contributed by atoms with Crippen molar-refractivity contribution in [1.82, 2.24) is 0 Å². The van der Waals surface area contributed by atoms with E-state index in [-0.39, 0.29) is 0 Å². The first-order valence-electron chi connectivity index (χ1n) is 11.3. The molecule has 0 aromatic heterocycles. The third kappa shape index (κ3) is 6.58. The summed E-state index contributed by atoms with van der Waals surface area (Å²) in [5.41, 5.74) is 2.59. The molecule has 0 radical (unpaired) electrons. The Hall–Kier alpha value is -2.36. The smallest absolute Gasteiger partial charge is 0.159 e. The minimum absolute atomic E-state index is 0.390. The van der Waals surface area contributed by atoms with E-state index in [4.69, 9.17) is 0 Å². The molecular formula is C26H32F2N2. The van der Waals surface area contributed by atoms with Crippen molar-refractivity contribution in [1.29, 1.82) is 0 Å². The summed E-state index contributed by atoms with van der Waals surface area (Å²) in [7, 11) is 0. The minimum atomic E-state index is -0.872. The van der Waals surface area contributed by atoms with Crippen molar-refractivity contribution in [2.75, 3.05) is 0 Å². The first-order chi connectivity index (χ1) is 14.7. The fourth-order valence-electron chi connectivity index (χ4n) is 4.32. The number of benzene rings is 2. The summed E-state index contributed by atoms with van der Waals surface area (Å²) in [6, 6.07) is 13.9. The lowest BCUT2D eigenvalue weighted by atomic mass is 9.76. The lowest BCUT2D eigenvalue weighted by Gasteiger charge is -2.29. The van der Waals surface area contributed by atoms with Gasteiger partial charge in [-0.15, -0.1) is 0 Å². The number of halogens is 2. The van der Waals surface area contributed by atoms with E-state index in [0.29, 0.717) is 11.5 Å². The van der Waals surface area contributed by atoms with Gasteiger partial charge in [0.2, 0.25) is 0 Å². The molecule has 2 aromatic carbocycles. The van der Waals surface area contributed by atoms with Crippen LogP contribution in [-0.2, 0) is 0 Å². The zero-order valence-corrected chi connectivity index (χ0v) is 17.9. The van der Waals surface area contributed by atoms with Gasteiger partial charge < -0.3 is 0 Å². The van der Waals surface area contributed by atoms with Gasteiger partial charge in [-0.25, -0.2) is 8.78 Å². The highest BCUT2D eigenvalue weighted by molar-refractivity contribution is 6.02. The van der Waals surface area contributed by atoms with Crippen LogP contribution in [0.3, 0.4) is 0 Å². The van der Waals surface area contributed by atoms with Gasteiger partial charge in [0.1, 0.15) is 0 Å². The maximum atomic E-state index is 13.4. The lowest BCUT2D eigenvalue weighted by Crippen LogP contribution is -2.22. The highest BCUT2D eigenvalue weighted by Crippen LogP contribution is 2.34. The molecule has 2 aromatic rings. The van der Waals surface area contributed by atoms with Gasteiger partial charge in [0, 0.05) is 5.92 Å². The number of hydrogen-bond acceptors (Lipinski definition) is 2. The van der Waals surface area contributed by atoms with Crippen LogP contribution in [0.25, 0.3) is 0 Å². The normalized spacial score (nSPS) is 20.0. The van der Waals surface area contributed by atoms with E-state index >= 15 is 0 Å². The molecule has 1 fully saturated rings. The standard InChI is InChI=1S/C26H32F2N2/c1-2-3-4-6-9-20-12-15-23(16-13-20)26(22-10-7-5-8-11-22)30-29-19-21-14-17-24(27)25(28)18-21/h5,7-8,10-11,14,17-20,23H,2-4,6,9,12-13,15-16H2,1H3. The Morgan fingerprint density at radius 3 is 2.40 bits per heavy atom. The Morgan fingerprint density at radius 1 is 0.933 bits per heavy atom. The molecule has 0 heterocycles. The number of unbranched alkanes of at least 4 members (excludes halogenated alkanes) is 3. The number of hydrogen-bond donors (Lipinski definition) is 0. The van der Waals surface area contributed by atoms with E-state index in [9.17, 15) is 8.78 Å². The molecule has 0 amide bonds. The molecule has 0 atom stereocenters. The second kappa shape index (κ2) is 11.7. The average molecular weight is 411 g/mol. The zero-order chi connectivity index (χ0) is 21.2. The van der Waals surface area contributed by atoms with Crippen LogP contribution in [0.1, 0.15) is 75.8 Å². The second-order valence-electron chi connectivity index (χ2n) is 8.34. The van der Waals surface area contributed by atoms with Crippen LogP contribution < -0.4 is 0 Å². The fraction of sp³-hybridized carbons (Fsp3) is 0.462. The van der Waals surface area contributed by atoms with Crippen molar-refractivity contribution in [2.45, 2.75) is 64.7 Å². The van der Waals surface area contributed by atoms with Crippen LogP contribution in [0.4, 0.5) is 8.78 Å². The highest BCUT2D eigenvalue weighted by atomic mass is 19.2. The van der Waals surface area contributed by atoms with Gasteiger partial charge in [-0.2, -0.15) is 10.2 Å². The summed E-state index contributed by atoms with van der Waals surface area (Å²) in [5, 5.41) is 8.77. The molecule has 3 rings (SSSR count). The molecule has 0 bridgehead atoms. The summed E-state index contributed by atoms with van der Waals surface area (Å²) in [4.78, 5) is 0. The van der Waals surface area contributed by atoms with Gasteiger partial charge in [-0.3, -0.25) is 0 Å². The molecule has 4 heteroatoms. The van der Waals surface area contributed by atoms with Gasteiger partial charge in [-0.05, 0) is 54.9 Å². The molecule has 30 heavy (non-hydrogen) atoms. The monoisotopic (exact) mass is 410 g/mol. The Labute approximate surface area is 179 Å². The molecule has 0 aliphatic heterocycles. The maximum absolute atomic E-state index is 13.4. The summed E-state index contributed by atoms with van der Waals surface area (Å²) in [6.07, 6.45) is 12.9. The third-order valence-corrected chi connectivity index (χ3v) is 6.08. The van der Waals surface area contributed by atoms with Gasteiger partial charge in [0.25, 0.3) is 0 Å². The summed E-state index contributed by atoms with van der Waals surface area (Å²) in [6.45, 7) is 2.25. The number of rotatable bonds is 9. The SMILES string of the molecule is CCCCCCC1CCC(C(=NN=Cc2ccc(F)c(F)c2)c2ccccc2)CC1. The Morgan fingerprint density at radius 2 is 1.70 bits per heavy atom. The van der Waals surface area contributed by atoms with E-state index in [1.54, 1.807) is 0 Å². The van der Waals surface area contributed by atoms with Crippen molar-refractivity contribution in [2.24, 2.45) is 22.0 Å². The Bertz CT molecular complexity index is 837. The van der Waals surface area contributed by atoms with Crippen LogP contribution in [0, 0.1) is 23.5 Å². The van der Waals surface area contributed by atoms with E-state index in [1.807, 2.05) is 18.2 Å². The first kappa shape index (κ1) is 22.3. The largest absolute Gasteiger partial charge is 0.204 e. The average Bonchev–Trinajstić information content (AvgIpc) is 2.78. The van der Waals surface area contributed by atoms with Crippen LogP contribution in [0.5, 0.6) is 0 Å². The van der Waals surface area contributed by atoms with Crippen LogP contribution in [0.15, 0.2) is 58.7 Å². The minimum Gasteiger partial charge on any atom is -0.204 e. The zero-order valence-electron chi connectivity index (χ0n) is 17.9. The number of nitrogens with zero attached hydrogens (tertiary/aromatic N) is 2. The van der Waals surface area contributed by atoms with Gasteiger partial charge >= 0.3 is 0 Å². The molecular weight excluding hydrogens is 378 g/mol. The van der Waals surface area contributed by atoms with Crippen molar-refractivity contribution in [3.63, 3.8) is 0 Å². The van der Waals surface area contributed by atoms with Crippen LogP contribution in [0.2, 0.25) is 0 Å². The molecule has 0 unspecified atom stereocenters. The molecule has 1 saturated carbocycles. The van der Waals surface area contributed by atoms with E-state index in [2.05, 4.69) is 29.3 Å². The maximum Gasteiger partial charge on any atom is 0.159 e. The predicted molar refractivity (Wildman–Crippen MR) is 121 cm³/mol. The second-order valence-corrected chi connectivity index (χ2v) is 8.34. The van der Waals surface area contributed by atoms with Gasteiger partial charge in [0.05, 0.1) is 11.9 Å². The van der Waals surface area contributed by atoms with E-state index in [0.717, 1.165) is 42.2 Å². The topological polar surface area (TPSA) is 24.7 Å². The molecule has 1 aliphatic carbocycles. The van der Waals surface area contributed by atoms with Crippen molar-refractivity contribution >= 4 is 11.9 Å². The molecule has 0 saturated heterocycles. The molecule has 160 valence electrons. The van der Waals surface area contributed by atoms with Gasteiger partial charge in [0.15, 0.2) is 11.6 Å². The van der Waals surface area contributed by atoms with Crippen molar-refractivity contribution < 1.29 is 8.78 Å². The third-order valence-electron chi connectivity index (χ3n) is 6.08. The Kier molecular flexibility index (Phi) is 8.73. The highest BCUT2D eigenvalue weighted by Gasteiger charge is 2.25. The summed E-state index contributed by atoms with van der Waals surface area (Å²) >= 11 is 0. The first-order valence-corrected chi connectivity index (χ1v) is 11.3. The van der Waals surface area contributed by atoms with Crippen molar-refractivity contribution in [3.8, 4) is 0 Å². The molecule has 0 spiro atoms. The summed E-state index contributed by atoms with van der Waals surface area (Å²) in [5.74, 6) is -0.502. The Balaban J connectivity index is 1.67. The summed E-state index contributed by atoms with van der Waals surface area (Å²) < 4.78 is 26.5. The molecule has 1 aliphatic rings. The lowest BCUT2D eigenvalue weighted by molar-refractivity contribution is 0.298. The van der Waals surface area contributed by atoms with E-state index in [1.165, 1.54) is 57.2 Å². The van der Waals surface area contributed by atoms with Crippen LogP contribution in [-0.4, -0.2) is 11.9 Å². The molecule has 2 nitrogen and oxygen atoms in total. The van der Waals surface area contributed by atoms with Crippen molar-refractivity contribution in [3.05, 3.63) is 71.3 Å². The van der Waals surface area contributed by atoms with Gasteiger partial charge in [-0.1, -0.05) is 75.4 Å².